The lowest BCUT2D eigenvalue weighted by Gasteiger charge is -2.32. The molecular weight excluding hydrogens is 300 g/mol. The summed E-state index contributed by atoms with van der Waals surface area (Å²) >= 11 is 6.16. The van der Waals surface area contributed by atoms with Crippen LogP contribution in [0.15, 0.2) is 23.7 Å². The average Bonchev–Trinajstić information content (AvgIpc) is 2.65. The van der Waals surface area contributed by atoms with Crippen LogP contribution in [0.2, 0.25) is 5.02 Å². The van der Waals surface area contributed by atoms with Gasteiger partial charge in [0.25, 0.3) is 0 Å². The molecule has 0 radical (unpaired) electrons. The third-order valence-electron chi connectivity index (χ3n) is 4.32. The zero-order valence-electron chi connectivity index (χ0n) is 13.8. The van der Waals surface area contributed by atoms with E-state index >= 15 is 0 Å². The number of hydrogen-bond donors (Lipinski definition) is 1. The summed E-state index contributed by atoms with van der Waals surface area (Å²) in [6.45, 7) is 8.42. The largest absolute Gasteiger partial charge is 0.495 e. The maximum atomic E-state index is 6.16. The number of nitrogens with two attached hydrogens (primary N) is 1. The van der Waals surface area contributed by atoms with E-state index in [0.717, 1.165) is 11.0 Å². The highest BCUT2D eigenvalue weighted by Gasteiger charge is 2.52. The SMILES string of the molecule is COc1ccc(C=C(CN)B2OC(C)(C)C(C)(C)O2)cc1Cl. The van der Waals surface area contributed by atoms with Crippen molar-refractivity contribution >= 4 is 24.8 Å². The van der Waals surface area contributed by atoms with E-state index in [2.05, 4.69) is 0 Å². The molecule has 1 aromatic rings. The third kappa shape index (κ3) is 3.33. The molecule has 0 atom stereocenters. The number of halogens is 1. The molecule has 22 heavy (non-hydrogen) atoms. The monoisotopic (exact) mass is 323 g/mol. The molecule has 0 aliphatic carbocycles. The van der Waals surface area contributed by atoms with Gasteiger partial charge in [-0.25, -0.2) is 0 Å². The van der Waals surface area contributed by atoms with E-state index in [9.17, 15) is 0 Å². The van der Waals surface area contributed by atoms with Crippen LogP contribution in [-0.4, -0.2) is 32.0 Å². The molecule has 0 aromatic heterocycles. The lowest BCUT2D eigenvalue weighted by Crippen LogP contribution is -2.41. The second-order valence-corrected chi connectivity index (χ2v) is 6.81. The maximum Gasteiger partial charge on any atom is 0.491 e. The molecule has 0 bridgehead atoms. The van der Waals surface area contributed by atoms with Gasteiger partial charge in [-0.1, -0.05) is 23.7 Å². The molecule has 1 heterocycles. The van der Waals surface area contributed by atoms with Crippen molar-refractivity contribution in [3.63, 3.8) is 0 Å². The lowest BCUT2D eigenvalue weighted by atomic mass is 9.77. The molecule has 4 nitrogen and oxygen atoms in total. The molecule has 0 saturated carbocycles. The Bertz CT molecular complexity index is 571. The summed E-state index contributed by atoms with van der Waals surface area (Å²) in [5, 5.41) is 0.557. The summed E-state index contributed by atoms with van der Waals surface area (Å²) in [5.74, 6) is 0.642. The summed E-state index contributed by atoms with van der Waals surface area (Å²) in [6, 6.07) is 5.58. The number of methoxy groups -OCH3 is 1. The Morgan fingerprint density at radius 1 is 1.27 bits per heavy atom. The number of hydrogen-bond acceptors (Lipinski definition) is 4. The Morgan fingerprint density at radius 2 is 1.86 bits per heavy atom. The molecule has 1 saturated heterocycles. The second-order valence-electron chi connectivity index (χ2n) is 6.41. The van der Waals surface area contributed by atoms with Crippen molar-refractivity contribution in [1.82, 2.24) is 0 Å². The summed E-state index contributed by atoms with van der Waals surface area (Å²) < 4.78 is 17.2. The first kappa shape index (κ1) is 17.4. The van der Waals surface area contributed by atoms with Gasteiger partial charge in [-0.05, 0) is 50.9 Å². The lowest BCUT2D eigenvalue weighted by molar-refractivity contribution is 0.00578. The summed E-state index contributed by atoms with van der Waals surface area (Å²) in [7, 11) is 1.14. The van der Waals surface area contributed by atoms with Crippen molar-refractivity contribution in [3.05, 3.63) is 34.3 Å². The molecule has 1 fully saturated rings. The molecule has 6 heteroatoms. The van der Waals surface area contributed by atoms with Gasteiger partial charge in [0.1, 0.15) is 5.75 Å². The molecule has 0 amide bonds. The first-order chi connectivity index (χ1) is 10.2. The van der Waals surface area contributed by atoms with Crippen LogP contribution >= 0.6 is 11.6 Å². The van der Waals surface area contributed by atoms with Crippen molar-refractivity contribution in [2.75, 3.05) is 13.7 Å². The molecular formula is C16H23BClNO3. The van der Waals surface area contributed by atoms with E-state index in [1.807, 2.05) is 52.0 Å². The maximum absolute atomic E-state index is 6.16. The first-order valence-corrected chi connectivity index (χ1v) is 7.67. The van der Waals surface area contributed by atoms with Gasteiger partial charge < -0.3 is 19.8 Å². The van der Waals surface area contributed by atoms with Crippen LogP contribution in [0.5, 0.6) is 5.75 Å². The molecule has 1 aliphatic heterocycles. The van der Waals surface area contributed by atoms with Gasteiger partial charge in [0, 0.05) is 6.54 Å². The van der Waals surface area contributed by atoms with Crippen LogP contribution < -0.4 is 10.5 Å². The quantitative estimate of drug-likeness (QED) is 0.864. The van der Waals surface area contributed by atoms with E-state index in [-0.39, 0.29) is 11.2 Å². The van der Waals surface area contributed by atoms with E-state index in [4.69, 9.17) is 31.4 Å². The van der Waals surface area contributed by atoms with Crippen LogP contribution in [0.25, 0.3) is 6.08 Å². The minimum Gasteiger partial charge on any atom is -0.495 e. The first-order valence-electron chi connectivity index (χ1n) is 7.30. The highest BCUT2D eigenvalue weighted by atomic mass is 35.5. The minimum absolute atomic E-state index is 0.348. The van der Waals surface area contributed by atoms with Gasteiger partial charge in [0.15, 0.2) is 0 Å². The van der Waals surface area contributed by atoms with Crippen LogP contribution in [0.4, 0.5) is 0 Å². The number of rotatable bonds is 4. The molecule has 0 spiro atoms. The highest BCUT2D eigenvalue weighted by molar-refractivity contribution is 6.55. The Morgan fingerprint density at radius 3 is 2.32 bits per heavy atom. The van der Waals surface area contributed by atoms with Gasteiger partial charge in [0.2, 0.25) is 0 Å². The van der Waals surface area contributed by atoms with Crippen LogP contribution in [-0.2, 0) is 9.31 Å². The zero-order valence-corrected chi connectivity index (χ0v) is 14.5. The topological polar surface area (TPSA) is 53.7 Å². The molecule has 1 aliphatic rings. The molecule has 120 valence electrons. The van der Waals surface area contributed by atoms with Gasteiger partial charge in [-0.3, -0.25) is 0 Å². The Kier molecular flexibility index (Phi) is 4.92. The Hall–Kier alpha value is -1.01. The molecule has 2 rings (SSSR count). The van der Waals surface area contributed by atoms with Gasteiger partial charge in [-0.15, -0.1) is 0 Å². The van der Waals surface area contributed by atoms with E-state index < -0.39 is 7.12 Å². The summed E-state index contributed by atoms with van der Waals surface area (Å²) in [5.41, 5.74) is 6.92. The zero-order chi connectivity index (χ0) is 16.5. The Labute approximate surface area is 137 Å². The van der Waals surface area contributed by atoms with Gasteiger partial charge in [-0.2, -0.15) is 0 Å². The number of ether oxygens (including phenoxy) is 1. The second kappa shape index (κ2) is 6.24. The summed E-state index contributed by atoms with van der Waals surface area (Å²) in [6.07, 6.45) is 1.95. The minimum atomic E-state index is -0.448. The van der Waals surface area contributed by atoms with Crippen molar-refractivity contribution in [2.24, 2.45) is 5.73 Å². The average molecular weight is 324 g/mol. The normalized spacial score (nSPS) is 20.3. The third-order valence-corrected chi connectivity index (χ3v) is 4.61. The molecule has 1 aromatic carbocycles. The van der Waals surface area contributed by atoms with Crippen molar-refractivity contribution in [2.45, 2.75) is 38.9 Å². The van der Waals surface area contributed by atoms with E-state index in [0.29, 0.717) is 17.3 Å². The number of benzene rings is 1. The van der Waals surface area contributed by atoms with E-state index in [1.54, 1.807) is 7.11 Å². The standard InChI is InChI=1S/C16H23BClNO3/c1-15(2)16(3,4)22-17(21-15)12(10-19)8-11-6-7-14(20-5)13(18)9-11/h6-9H,10,19H2,1-5H3. The van der Waals surface area contributed by atoms with Crippen molar-refractivity contribution < 1.29 is 14.0 Å². The van der Waals surface area contributed by atoms with E-state index in [1.165, 1.54) is 0 Å². The fourth-order valence-corrected chi connectivity index (χ4v) is 2.47. The fourth-order valence-electron chi connectivity index (χ4n) is 2.20. The van der Waals surface area contributed by atoms with Gasteiger partial charge >= 0.3 is 7.12 Å². The predicted molar refractivity (Wildman–Crippen MR) is 91.1 cm³/mol. The van der Waals surface area contributed by atoms with Crippen LogP contribution in [0.1, 0.15) is 33.3 Å². The van der Waals surface area contributed by atoms with Gasteiger partial charge in [0.05, 0.1) is 23.3 Å². The smallest absolute Gasteiger partial charge is 0.491 e. The highest BCUT2D eigenvalue weighted by Crippen LogP contribution is 2.38. The molecule has 0 unspecified atom stereocenters. The van der Waals surface area contributed by atoms with Crippen molar-refractivity contribution in [3.8, 4) is 5.75 Å². The van der Waals surface area contributed by atoms with Crippen LogP contribution in [0, 0.1) is 0 Å². The van der Waals surface area contributed by atoms with Crippen LogP contribution in [0.3, 0.4) is 0 Å². The molecule has 2 N–H and O–H groups in total. The fraction of sp³-hybridized carbons (Fsp3) is 0.500. The Balaban J connectivity index is 2.27. The predicted octanol–water partition coefficient (Wildman–Crippen LogP) is 3.32. The summed E-state index contributed by atoms with van der Waals surface area (Å²) in [4.78, 5) is 0. The van der Waals surface area contributed by atoms with Crippen molar-refractivity contribution in [1.29, 1.82) is 0 Å².